The van der Waals surface area contributed by atoms with Crippen molar-refractivity contribution in [3.63, 3.8) is 0 Å². The summed E-state index contributed by atoms with van der Waals surface area (Å²) in [6.07, 6.45) is 3.75. The lowest BCUT2D eigenvalue weighted by molar-refractivity contribution is 0.477. The van der Waals surface area contributed by atoms with Crippen molar-refractivity contribution in [2.24, 2.45) is 0 Å². The van der Waals surface area contributed by atoms with Crippen LogP contribution < -0.4 is 0 Å². The summed E-state index contributed by atoms with van der Waals surface area (Å²) in [5, 5.41) is 13.3. The summed E-state index contributed by atoms with van der Waals surface area (Å²) in [5.74, 6) is 2.13. The van der Waals surface area contributed by atoms with Crippen LogP contribution >= 0.6 is 0 Å². The van der Waals surface area contributed by atoms with Crippen molar-refractivity contribution in [1.82, 2.24) is 14.5 Å². The second kappa shape index (κ2) is 10.4. The van der Waals surface area contributed by atoms with Gasteiger partial charge >= 0.3 is 0 Å². The monoisotopic (exact) mass is 637 g/mol. The average Bonchev–Trinajstić information content (AvgIpc) is 3.90. The fourth-order valence-electron chi connectivity index (χ4n) is 8.92. The van der Waals surface area contributed by atoms with E-state index in [0.29, 0.717) is 23.2 Å². The van der Waals surface area contributed by atoms with E-state index in [2.05, 4.69) is 92.1 Å². The molecule has 0 amide bonds. The standard InChI is InChI=1S/C44H35N3O2/c1-24-19-25(2)42(26(3)20-24)47-37-12-8-11-30(41(37)46-44(47)33-10-4-6-13-38(33)48)29-22-34-32-9-5-7-14-39(32)49-43(34)35(23-29)36-18-17-31-27-15-16-28(21-27)40(31)45-36/h4-14,17-20,22-23,27-28,48H,15-16,21H2,1-3H3. The predicted octanol–water partition coefficient (Wildman–Crippen LogP) is 11.3. The number of hydrogen-bond donors (Lipinski definition) is 1. The van der Waals surface area contributed by atoms with Crippen LogP contribution in [0.25, 0.3) is 72.4 Å². The van der Waals surface area contributed by atoms with Crippen molar-refractivity contribution in [2.75, 3.05) is 0 Å². The maximum absolute atomic E-state index is 11.1. The van der Waals surface area contributed by atoms with Crippen LogP contribution in [0, 0.1) is 20.8 Å². The van der Waals surface area contributed by atoms with Gasteiger partial charge in [-0.15, -0.1) is 0 Å². The zero-order valence-electron chi connectivity index (χ0n) is 27.8. The number of pyridine rings is 1. The van der Waals surface area contributed by atoms with E-state index in [0.717, 1.165) is 72.2 Å². The largest absolute Gasteiger partial charge is 0.507 e. The number of aromatic hydroxyl groups is 1. The number of nitrogens with zero attached hydrogens (tertiary/aromatic N) is 3. The van der Waals surface area contributed by atoms with Crippen LogP contribution in [-0.2, 0) is 0 Å². The minimum Gasteiger partial charge on any atom is -0.507 e. The molecule has 2 atom stereocenters. The summed E-state index contributed by atoms with van der Waals surface area (Å²) in [7, 11) is 0. The number of furan rings is 1. The fraction of sp³-hybridized carbons (Fsp3) is 0.182. The first-order chi connectivity index (χ1) is 23.9. The highest BCUT2D eigenvalue weighted by Gasteiger charge is 2.38. The number of rotatable bonds is 4. The minimum absolute atomic E-state index is 0.202. The van der Waals surface area contributed by atoms with E-state index in [9.17, 15) is 5.11 Å². The predicted molar refractivity (Wildman–Crippen MR) is 198 cm³/mol. The number of para-hydroxylation sites is 3. The van der Waals surface area contributed by atoms with Crippen molar-refractivity contribution in [3.8, 4) is 45.2 Å². The molecule has 2 aliphatic carbocycles. The average molecular weight is 638 g/mol. The van der Waals surface area contributed by atoms with E-state index in [4.69, 9.17) is 14.4 Å². The number of phenolic OH excluding ortho intramolecular Hbond substituents is 1. The Morgan fingerprint density at radius 1 is 0.714 bits per heavy atom. The summed E-state index contributed by atoms with van der Waals surface area (Å²) < 4.78 is 8.82. The Balaban J connectivity index is 1.27. The highest BCUT2D eigenvalue weighted by Crippen LogP contribution is 2.53. The normalized spacial score (nSPS) is 16.7. The van der Waals surface area contributed by atoms with Crippen LogP contribution in [0.2, 0.25) is 0 Å². The fourth-order valence-corrected chi connectivity index (χ4v) is 8.92. The SMILES string of the molecule is Cc1cc(C)c(-n2c(-c3ccccc3O)nc3c(-c4cc(-c5ccc6c(n5)C5CCC6C5)c5oc6ccccc6c5c4)cccc32)c(C)c1. The number of aryl methyl sites for hydroxylation is 3. The maximum atomic E-state index is 11.1. The lowest BCUT2D eigenvalue weighted by Gasteiger charge is -2.17. The first kappa shape index (κ1) is 28.3. The molecule has 2 bridgehead atoms. The zero-order chi connectivity index (χ0) is 33.0. The van der Waals surface area contributed by atoms with Gasteiger partial charge in [0.1, 0.15) is 22.7 Å². The van der Waals surface area contributed by atoms with Crippen LogP contribution in [0.1, 0.15) is 59.0 Å². The molecule has 2 aliphatic rings. The number of benzene rings is 5. The van der Waals surface area contributed by atoms with Gasteiger partial charge in [-0.1, -0.05) is 66.2 Å². The van der Waals surface area contributed by atoms with Gasteiger partial charge in [-0.25, -0.2) is 4.98 Å². The molecule has 3 heterocycles. The molecule has 1 N–H and O–H groups in total. The second-order valence-electron chi connectivity index (χ2n) is 14.1. The summed E-state index contributed by atoms with van der Waals surface area (Å²) in [6.45, 7) is 6.43. The Kier molecular flexibility index (Phi) is 6.02. The molecule has 10 rings (SSSR count). The summed E-state index contributed by atoms with van der Waals surface area (Å²) in [4.78, 5) is 10.7. The second-order valence-corrected chi connectivity index (χ2v) is 14.1. The molecule has 0 radical (unpaired) electrons. The van der Waals surface area contributed by atoms with Crippen LogP contribution in [0.15, 0.2) is 108 Å². The number of hydrogen-bond acceptors (Lipinski definition) is 4. The summed E-state index contributed by atoms with van der Waals surface area (Å²) in [5.41, 5.74) is 15.6. The molecule has 0 aliphatic heterocycles. The van der Waals surface area contributed by atoms with Crippen molar-refractivity contribution in [3.05, 3.63) is 131 Å². The Bertz CT molecular complexity index is 2640. The quantitative estimate of drug-likeness (QED) is 0.209. The van der Waals surface area contributed by atoms with Crippen molar-refractivity contribution >= 4 is 33.0 Å². The lowest BCUT2D eigenvalue weighted by atomic mass is 9.93. The molecule has 1 fully saturated rings. The van der Waals surface area contributed by atoms with Gasteiger partial charge in [0, 0.05) is 33.5 Å². The molecule has 5 heteroatoms. The molecule has 8 aromatic rings. The molecule has 2 unspecified atom stereocenters. The Morgan fingerprint density at radius 3 is 2.35 bits per heavy atom. The molecule has 3 aromatic heterocycles. The molecule has 5 nitrogen and oxygen atoms in total. The van der Waals surface area contributed by atoms with Crippen molar-refractivity contribution in [1.29, 1.82) is 0 Å². The van der Waals surface area contributed by atoms with Crippen molar-refractivity contribution in [2.45, 2.75) is 51.9 Å². The third kappa shape index (κ3) is 4.18. The topological polar surface area (TPSA) is 64.1 Å². The zero-order valence-corrected chi connectivity index (χ0v) is 27.8. The summed E-state index contributed by atoms with van der Waals surface area (Å²) >= 11 is 0. The van der Waals surface area contributed by atoms with E-state index < -0.39 is 0 Å². The van der Waals surface area contributed by atoms with Gasteiger partial charge in [-0.05, 0) is 111 Å². The molecular weight excluding hydrogens is 603 g/mol. The summed E-state index contributed by atoms with van der Waals surface area (Å²) in [6, 6.07) is 35.6. The first-order valence-electron chi connectivity index (χ1n) is 17.3. The smallest absolute Gasteiger partial charge is 0.149 e. The Hall–Kier alpha value is -5.68. The van der Waals surface area contributed by atoms with E-state index in [1.54, 1.807) is 6.07 Å². The first-order valence-corrected chi connectivity index (χ1v) is 17.3. The van der Waals surface area contributed by atoms with Gasteiger partial charge in [0.15, 0.2) is 0 Å². The van der Waals surface area contributed by atoms with Crippen LogP contribution in [0.3, 0.4) is 0 Å². The van der Waals surface area contributed by atoms with Gasteiger partial charge in [0.25, 0.3) is 0 Å². The van der Waals surface area contributed by atoms with Gasteiger partial charge in [-0.2, -0.15) is 0 Å². The highest BCUT2D eigenvalue weighted by molar-refractivity contribution is 6.12. The van der Waals surface area contributed by atoms with Crippen LogP contribution in [0.5, 0.6) is 5.75 Å². The minimum atomic E-state index is 0.202. The van der Waals surface area contributed by atoms with E-state index in [1.807, 2.05) is 30.3 Å². The lowest BCUT2D eigenvalue weighted by Crippen LogP contribution is -2.03. The molecular formula is C44H35N3O2. The Morgan fingerprint density at radius 2 is 1.49 bits per heavy atom. The van der Waals surface area contributed by atoms with E-state index >= 15 is 0 Å². The van der Waals surface area contributed by atoms with Gasteiger partial charge < -0.3 is 9.52 Å². The molecule has 238 valence electrons. The molecule has 0 spiro atoms. The van der Waals surface area contributed by atoms with Crippen LogP contribution in [0.4, 0.5) is 0 Å². The third-order valence-corrected chi connectivity index (χ3v) is 11.0. The Labute approximate surface area is 284 Å². The van der Waals surface area contributed by atoms with Crippen molar-refractivity contribution < 1.29 is 9.52 Å². The van der Waals surface area contributed by atoms with Gasteiger partial charge in [-0.3, -0.25) is 9.55 Å². The number of phenols is 1. The van der Waals surface area contributed by atoms with Gasteiger partial charge in [0.2, 0.25) is 0 Å². The molecule has 0 saturated heterocycles. The number of aromatic nitrogens is 3. The highest BCUT2D eigenvalue weighted by atomic mass is 16.3. The number of fused-ring (bicyclic) bond motifs is 9. The van der Waals surface area contributed by atoms with E-state index in [1.165, 1.54) is 36.1 Å². The molecule has 49 heavy (non-hydrogen) atoms. The third-order valence-electron chi connectivity index (χ3n) is 11.0. The molecule has 1 saturated carbocycles. The van der Waals surface area contributed by atoms with E-state index in [-0.39, 0.29) is 5.75 Å². The number of imidazole rings is 1. The maximum Gasteiger partial charge on any atom is 0.149 e. The molecule has 5 aromatic carbocycles. The van der Waals surface area contributed by atoms with Gasteiger partial charge in [0.05, 0.1) is 28.0 Å². The van der Waals surface area contributed by atoms with Crippen LogP contribution in [-0.4, -0.2) is 19.6 Å².